The molecule has 1 unspecified atom stereocenters. The maximum absolute atomic E-state index is 8.90. The van der Waals surface area contributed by atoms with Crippen LogP contribution in [0.1, 0.15) is 13.3 Å². The topological polar surface area (TPSA) is 71.9 Å². The van der Waals surface area contributed by atoms with Crippen LogP contribution < -0.4 is 10.5 Å². The second-order valence-corrected chi connectivity index (χ2v) is 3.70. The van der Waals surface area contributed by atoms with Crippen molar-refractivity contribution in [3.05, 3.63) is 30.5 Å². The Morgan fingerprint density at radius 1 is 1.47 bits per heavy atom. The fourth-order valence-electron chi connectivity index (χ4n) is 1.63. The summed E-state index contributed by atoms with van der Waals surface area (Å²) in [6.07, 6.45) is 1.88. The van der Waals surface area contributed by atoms with Crippen LogP contribution in [0.25, 0.3) is 10.9 Å². The normalized spacial score (nSPS) is 12.0. The molecule has 2 N–H and O–H groups in total. The van der Waals surface area contributed by atoms with Crippen molar-refractivity contribution < 1.29 is 4.74 Å². The molecule has 0 aliphatic rings. The Hall–Kier alpha value is -2.28. The van der Waals surface area contributed by atoms with Crippen molar-refractivity contribution in [2.45, 2.75) is 19.4 Å². The molecule has 86 valence electrons. The van der Waals surface area contributed by atoms with E-state index in [1.165, 1.54) is 0 Å². The molecular formula is C13H13N3O. The average Bonchev–Trinajstić information content (AvgIpc) is 2.38. The maximum atomic E-state index is 8.90. The van der Waals surface area contributed by atoms with Crippen LogP contribution in [0.3, 0.4) is 0 Å². The van der Waals surface area contributed by atoms with Crippen LogP contribution in [-0.2, 0) is 0 Å². The third-order valence-electron chi connectivity index (χ3n) is 2.54. The van der Waals surface area contributed by atoms with Crippen LogP contribution in [-0.4, -0.2) is 11.1 Å². The molecule has 0 spiro atoms. The zero-order valence-electron chi connectivity index (χ0n) is 9.55. The van der Waals surface area contributed by atoms with Gasteiger partial charge in [0.05, 0.1) is 11.2 Å². The van der Waals surface area contributed by atoms with Gasteiger partial charge in [-0.15, -0.1) is 0 Å². The fourth-order valence-corrected chi connectivity index (χ4v) is 1.63. The fraction of sp³-hybridized carbons (Fsp3) is 0.231. The van der Waals surface area contributed by atoms with Gasteiger partial charge < -0.3 is 10.5 Å². The number of hydrogen-bond acceptors (Lipinski definition) is 4. The molecule has 1 aromatic heterocycles. The maximum Gasteiger partial charge on any atom is 0.184 e. The number of nitrogens with two attached hydrogens (primary N) is 1. The number of anilines is 1. The van der Waals surface area contributed by atoms with Crippen LogP contribution in [0.4, 0.5) is 5.69 Å². The monoisotopic (exact) mass is 227 g/mol. The van der Waals surface area contributed by atoms with Crippen LogP contribution in [0.15, 0.2) is 30.5 Å². The quantitative estimate of drug-likeness (QED) is 0.818. The molecule has 1 heterocycles. The first-order valence-corrected chi connectivity index (χ1v) is 5.45. The summed E-state index contributed by atoms with van der Waals surface area (Å²) in [6, 6.07) is 9.34. The summed E-state index contributed by atoms with van der Waals surface area (Å²) in [6.45, 7) is 1.91. The van der Waals surface area contributed by atoms with Gasteiger partial charge in [-0.05, 0) is 30.7 Å². The molecule has 2 aromatic rings. The molecule has 4 heteroatoms. The van der Waals surface area contributed by atoms with Crippen molar-refractivity contribution in [1.82, 2.24) is 4.98 Å². The van der Waals surface area contributed by atoms with E-state index in [9.17, 15) is 0 Å². The molecule has 4 nitrogen and oxygen atoms in total. The molecule has 1 aromatic carbocycles. The third-order valence-corrected chi connectivity index (χ3v) is 2.54. The predicted molar refractivity (Wildman–Crippen MR) is 66.5 cm³/mol. The number of rotatable bonds is 3. The summed E-state index contributed by atoms with van der Waals surface area (Å²) in [5, 5.41) is 9.73. The summed E-state index contributed by atoms with van der Waals surface area (Å²) in [5.74, 6) is 0.649. The van der Waals surface area contributed by atoms with Gasteiger partial charge in [-0.2, -0.15) is 5.26 Å². The highest BCUT2D eigenvalue weighted by atomic mass is 16.5. The Bertz CT molecular complexity index is 574. The van der Waals surface area contributed by atoms with Crippen LogP contribution in [0.2, 0.25) is 0 Å². The number of pyridine rings is 1. The van der Waals surface area contributed by atoms with E-state index in [4.69, 9.17) is 15.7 Å². The van der Waals surface area contributed by atoms with Gasteiger partial charge in [0, 0.05) is 11.6 Å². The molecule has 2 rings (SSSR count). The summed E-state index contributed by atoms with van der Waals surface area (Å²) >= 11 is 0. The Morgan fingerprint density at radius 3 is 3.00 bits per heavy atom. The molecule has 0 aliphatic carbocycles. The summed E-state index contributed by atoms with van der Waals surface area (Å²) in [7, 11) is 0. The van der Waals surface area contributed by atoms with Gasteiger partial charge in [0.25, 0.3) is 0 Å². The van der Waals surface area contributed by atoms with E-state index in [1.807, 2.05) is 19.1 Å². The van der Waals surface area contributed by atoms with Crippen LogP contribution >= 0.6 is 0 Å². The molecule has 0 saturated carbocycles. The second-order valence-electron chi connectivity index (χ2n) is 3.70. The number of benzene rings is 1. The van der Waals surface area contributed by atoms with Gasteiger partial charge in [-0.3, -0.25) is 4.98 Å². The molecule has 0 amide bonds. The highest BCUT2D eigenvalue weighted by molar-refractivity contribution is 5.93. The number of nitrogen functional groups attached to an aromatic ring is 1. The minimum Gasteiger partial charge on any atom is -0.475 e. The van der Waals surface area contributed by atoms with Crippen LogP contribution in [0.5, 0.6) is 5.75 Å². The van der Waals surface area contributed by atoms with E-state index in [-0.39, 0.29) is 0 Å². The average molecular weight is 227 g/mol. The number of nitrogens with zero attached hydrogens (tertiary/aromatic N) is 2. The van der Waals surface area contributed by atoms with Crippen molar-refractivity contribution >= 4 is 16.6 Å². The molecule has 0 bridgehead atoms. The number of aromatic nitrogens is 1. The van der Waals surface area contributed by atoms with E-state index in [1.54, 1.807) is 18.3 Å². The Morgan fingerprint density at radius 2 is 2.29 bits per heavy atom. The number of fused-ring (bicyclic) bond motifs is 1. The minimum absolute atomic E-state index is 0.443. The lowest BCUT2D eigenvalue weighted by molar-refractivity contribution is 0.255. The van der Waals surface area contributed by atoms with Gasteiger partial charge in [-0.1, -0.05) is 6.92 Å². The van der Waals surface area contributed by atoms with Crippen LogP contribution in [0, 0.1) is 11.3 Å². The number of hydrogen-bond donors (Lipinski definition) is 1. The van der Waals surface area contributed by atoms with Crippen molar-refractivity contribution in [3.63, 3.8) is 0 Å². The van der Waals surface area contributed by atoms with Crippen molar-refractivity contribution in [1.29, 1.82) is 5.26 Å². The van der Waals surface area contributed by atoms with E-state index in [0.717, 1.165) is 5.39 Å². The third kappa shape index (κ3) is 2.13. The lowest BCUT2D eigenvalue weighted by Gasteiger charge is -2.13. The molecule has 0 aliphatic heterocycles. The second kappa shape index (κ2) is 4.71. The number of nitriles is 1. The zero-order chi connectivity index (χ0) is 12.3. The minimum atomic E-state index is -0.443. The van der Waals surface area contributed by atoms with Gasteiger partial charge in [0.15, 0.2) is 6.10 Å². The predicted octanol–water partition coefficient (Wildman–Crippen LogP) is 2.50. The van der Waals surface area contributed by atoms with E-state index >= 15 is 0 Å². The Labute approximate surface area is 99.6 Å². The van der Waals surface area contributed by atoms with Gasteiger partial charge in [0.1, 0.15) is 11.8 Å². The van der Waals surface area contributed by atoms with Gasteiger partial charge >= 0.3 is 0 Å². The van der Waals surface area contributed by atoms with Crippen molar-refractivity contribution in [2.75, 3.05) is 5.73 Å². The molecule has 1 atom stereocenters. The Kier molecular flexibility index (Phi) is 3.10. The lowest BCUT2D eigenvalue weighted by Crippen LogP contribution is -2.12. The molecular weight excluding hydrogens is 214 g/mol. The molecule has 0 radical (unpaired) electrons. The molecule has 0 saturated heterocycles. The lowest BCUT2D eigenvalue weighted by atomic mass is 10.1. The molecule has 0 fully saturated rings. The standard InChI is InChI=1S/C13H13N3O/c1-2-9(8-14)17-12-6-5-11(15)13-10(12)4-3-7-16-13/h3-7,9H,2,15H2,1H3. The largest absolute Gasteiger partial charge is 0.475 e. The summed E-state index contributed by atoms with van der Waals surface area (Å²) in [5.41, 5.74) is 7.15. The summed E-state index contributed by atoms with van der Waals surface area (Å²) in [4.78, 5) is 4.21. The summed E-state index contributed by atoms with van der Waals surface area (Å²) < 4.78 is 5.62. The smallest absolute Gasteiger partial charge is 0.184 e. The molecule has 17 heavy (non-hydrogen) atoms. The van der Waals surface area contributed by atoms with E-state index in [2.05, 4.69) is 11.1 Å². The number of ether oxygens (including phenoxy) is 1. The SMILES string of the molecule is CCC(C#N)Oc1ccc(N)c2ncccc12. The van der Waals surface area contributed by atoms with E-state index in [0.29, 0.717) is 23.4 Å². The van der Waals surface area contributed by atoms with Crippen molar-refractivity contribution in [3.8, 4) is 11.8 Å². The Balaban J connectivity index is 2.49. The van der Waals surface area contributed by atoms with Gasteiger partial charge in [-0.25, -0.2) is 0 Å². The van der Waals surface area contributed by atoms with E-state index < -0.39 is 6.10 Å². The zero-order valence-corrected chi connectivity index (χ0v) is 9.55. The highest BCUT2D eigenvalue weighted by Gasteiger charge is 2.10. The first kappa shape index (κ1) is 11.2. The first-order valence-electron chi connectivity index (χ1n) is 5.45. The first-order chi connectivity index (χ1) is 8.26. The van der Waals surface area contributed by atoms with Crippen molar-refractivity contribution in [2.24, 2.45) is 0 Å². The van der Waals surface area contributed by atoms with Gasteiger partial charge in [0.2, 0.25) is 0 Å². The highest BCUT2D eigenvalue weighted by Crippen LogP contribution is 2.29.